The molecular formula is C22H20F4N2O3. The summed E-state index contributed by atoms with van der Waals surface area (Å²) < 4.78 is 52.0. The van der Waals surface area contributed by atoms with E-state index in [1.165, 1.54) is 49.3 Å². The number of carbonyl (C=O) groups is 3. The molecule has 31 heavy (non-hydrogen) atoms. The van der Waals surface area contributed by atoms with Crippen LogP contribution in [0, 0.1) is 5.82 Å². The van der Waals surface area contributed by atoms with Crippen LogP contribution in [0.5, 0.6) is 0 Å². The second-order valence-corrected chi connectivity index (χ2v) is 7.65. The normalized spacial score (nSPS) is 19.1. The van der Waals surface area contributed by atoms with Crippen molar-refractivity contribution in [2.24, 2.45) is 0 Å². The molecule has 0 aliphatic carbocycles. The van der Waals surface area contributed by atoms with Crippen molar-refractivity contribution in [2.75, 3.05) is 14.1 Å². The molecule has 1 fully saturated rings. The second-order valence-electron chi connectivity index (χ2n) is 7.65. The molecule has 164 valence electrons. The van der Waals surface area contributed by atoms with Gasteiger partial charge in [0.05, 0.1) is 11.0 Å². The van der Waals surface area contributed by atoms with E-state index in [-0.39, 0.29) is 24.9 Å². The zero-order valence-corrected chi connectivity index (χ0v) is 16.9. The quantitative estimate of drug-likeness (QED) is 0.533. The minimum absolute atomic E-state index is 0.00811. The average molecular weight is 436 g/mol. The molecule has 1 saturated heterocycles. The van der Waals surface area contributed by atoms with E-state index in [0.29, 0.717) is 5.56 Å². The van der Waals surface area contributed by atoms with Gasteiger partial charge in [0.2, 0.25) is 17.7 Å². The molecule has 0 saturated carbocycles. The van der Waals surface area contributed by atoms with Crippen LogP contribution < -0.4 is 0 Å². The lowest BCUT2D eigenvalue weighted by atomic mass is 9.75. The summed E-state index contributed by atoms with van der Waals surface area (Å²) in [6, 6.07) is 9.62. The minimum Gasteiger partial charge on any atom is -0.341 e. The van der Waals surface area contributed by atoms with Crippen molar-refractivity contribution >= 4 is 17.7 Å². The molecule has 0 unspecified atom stereocenters. The summed E-state index contributed by atoms with van der Waals surface area (Å²) in [6.45, 7) is 0.00811. The number of hydrogen-bond donors (Lipinski definition) is 0. The Hall–Kier alpha value is -3.23. The van der Waals surface area contributed by atoms with E-state index >= 15 is 0 Å². The van der Waals surface area contributed by atoms with Crippen molar-refractivity contribution < 1.29 is 31.9 Å². The van der Waals surface area contributed by atoms with Crippen LogP contribution in [-0.2, 0) is 32.5 Å². The third-order valence-corrected chi connectivity index (χ3v) is 5.50. The first-order chi connectivity index (χ1) is 14.4. The van der Waals surface area contributed by atoms with Gasteiger partial charge in [-0.2, -0.15) is 13.2 Å². The highest BCUT2D eigenvalue weighted by Crippen LogP contribution is 2.40. The molecule has 0 spiro atoms. The van der Waals surface area contributed by atoms with Gasteiger partial charge in [0.15, 0.2) is 0 Å². The maximum atomic E-state index is 13.8. The number of nitrogens with zero attached hydrogens (tertiary/aromatic N) is 2. The van der Waals surface area contributed by atoms with Gasteiger partial charge < -0.3 is 4.90 Å². The van der Waals surface area contributed by atoms with E-state index in [1.54, 1.807) is 0 Å². The Kier molecular flexibility index (Phi) is 5.89. The lowest BCUT2D eigenvalue weighted by Crippen LogP contribution is -2.41. The molecule has 1 aliphatic heterocycles. The van der Waals surface area contributed by atoms with Crippen molar-refractivity contribution in [3.05, 3.63) is 71.0 Å². The van der Waals surface area contributed by atoms with Crippen LogP contribution in [0.1, 0.15) is 29.5 Å². The van der Waals surface area contributed by atoms with E-state index in [4.69, 9.17) is 0 Å². The van der Waals surface area contributed by atoms with Gasteiger partial charge in [-0.05, 0) is 35.4 Å². The summed E-state index contributed by atoms with van der Waals surface area (Å²) in [5.74, 6) is -2.18. The number of halogens is 4. The molecule has 1 heterocycles. The van der Waals surface area contributed by atoms with Gasteiger partial charge in [-0.1, -0.05) is 24.3 Å². The number of likely N-dealkylation sites (N-methyl/N-ethyl adjacent to an activating group) is 1. The first kappa shape index (κ1) is 22.5. The third kappa shape index (κ3) is 4.45. The monoisotopic (exact) mass is 436 g/mol. The number of hydrogen-bond acceptors (Lipinski definition) is 3. The number of rotatable bonds is 5. The molecule has 1 atom stereocenters. The van der Waals surface area contributed by atoms with Crippen LogP contribution >= 0.6 is 0 Å². The van der Waals surface area contributed by atoms with Gasteiger partial charge in [-0.3, -0.25) is 19.3 Å². The minimum atomic E-state index is -4.46. The largest absolute Gasteiger partial charge is 0.416 e. The van der Waals surface area contributed by atoms with Crippen LogP contribution in [-0.4, -0.2) is 41.6 Å². The molecule has 0 bridgehead atoms. The molecule has 2 aromatic rings. The molecule has 0 radical (unpaired) electrons. The number of benzene rings is 2. The standard InChI is InChI=1S/C22H20F4N2O3/c1-27(13-14-6-8-15(9-7-14)22(24,25)26)18(29)11-21(12-19(30)28(2)20(21)31)16-4-3-5-17(23)10-16/h3-10H,11-13H2,1-2H3/t21-/m0/s1. The van der Waals surface area contributed by atoms with Crippen LogP contribution in [0.3, 0.4) is 0 Å². The second kappa shape index (κ2) is 8.13. The fraction of sp³-hybridized carbons (Fsp3) is 0.318. The predicted octanol–water partition coefficient (Wildman–Crippen LogP) is 3.52. The Morgan fingerprint density at radius 1 is 1.13 bits per heavy atom. The fourth-order valence-electron chi connectivity index (χ4n) is 3.69. The Balaban J connectivity index is 1.82. The lowest BCUT2D eigenvalue weighted by Gasteiger charge is -2.29. The van der Waals surface area contributed by atoms with E-state index in [9.17, 15) is 31.9 Å². The molecule has 5 nitrogen and oxygen atoms in total. The van der Waals surface area contributed by atoms with Crippen molar-refractivity contribution in [2.45, 2.75) is 31.0 Å². The van der Waals surface area contributed by atoms with Crippen LogP contribution in [0.15, 0.2) is 48.5 Å². The highest BCUT2D eigenvalue weighted by molar-refractivity contribution is 6.10. The molecule has 1 aliphatic rings. The zero-order chi connectivity index (χ0) is 23.0. The van der Waals surface area contributed by atoms with Crippen LogP contribution in [0.25, 0.3) is 0 Å². The van der Waals surface area contributed by atoms with E-state index < -0.39 is 40.7 Å². The number of imide groups is 1. The SMILES string of the molecule is CN(Cc1ccc(C(F)(F)F)cc1)C(=O)C[C@@]1(c2cccc(F)c2)CC(=O)N(C)C1=O. The molecule has 9 heteroatoms. The maximum absolute atomic E-state index is 13.8. The first-order valence-corrected chi connectivity index (χ1v) is 9.41. The Morgan fingerprint density at radius 2 is 1.77 bits per heavy atom. The molecular weight excluding hydrogens is 416 g/mol. The van der Waals surface area contributed by atoms with Crippen LogP contribution in [0.2, 0.25) is 0 Å². The van der Waals surface area contributed by atoms with Crippen molar-refractivity contribution in [1.82, 2.24) is 9.80 Å². The summed E-state index contributed by atoms with van der Waals surface area (Å²) in [4.78, 5) is 40.2. The van der Waals surface area contributed by atoms with Crippen LogP contribution in [0.4, 0.5) is 17.6 Å². The Morgan fingerprint density at radius 3 is 2.29 bits per heavy atom. The van der Waals surface area contributed by atoms with Gasteiger partial charge in [-0.25, -0.2) is 4.39 Å². The smallest absolute Gasteiger partial charge is 0.341 e. The van der Waals surface area contributed by atoms with Gasteiger partial charge in [0.1, 0.15) is 5.82 Å². The average Bonchev–Trinajstić information content (AvgIpc) is 2.92. The zero-order valence-electron chi connectivity index (χ0n) is 16.9. The van der Waals surface area contributed by atoms with Gasteiger partial charge in [-0.15, -0.1) is 0 Å². The number of carbonyl (C=O) groups excluding carboxylic acids is 3. The van der Waals surface area contributed by atoms with Crippen molar-refractivity contribution in [3.63, 3.8) is 0 Å². The van der Waals surface area contributed by atoms with E-state index in [2.05, 4.69) is 0 Å². The first-order valence-electron chi connectivity index (χ1n) is 9.41. The fourth-order valence-corrected chi connectivity index (χ4v) is 3.69. The Labute approximate surface area is 176 Å². The summed E-state index contributed by atoms with van der Waals surface area (Å²) in [6.07, 6.45) is -5.10. The highest BCUT2D eigenvalue weighted by atomic mass is 19.4. The summed E-state index contributed by atoms with van der Waals surface area (Å²) in [7, 11) is 2.76. The maximum Gasteiger partial charge on any atom is 0.416 e. The molecule has 2 aromatic carbocycles. The summed E-state index contributed by atoms with van der Waals surface area (Å²) in [5.41, 5.74) is -1.63. The molecule has 0 aromatic heterocycles. The third-order valence-electron chi connectivity index (χ3n) is 5.50. The topological polar surface area (TPSA) is 57.7 Å². The van der Waals surface area contributed by atoms with Gasteiger partial charge in [0, 0.05) is 33.5 Å². The predicted molar refractivity (Wildman–Crippen MR) is 103 cm³/mol. The summed E-state index contributed by atoms with van der Waals surface area (Å²) >= 11 is 0. The molecule has 3 rings (SSSR count). The number of likely N-dealkylation sites (tertiary alicyclic amines) is 1. The molecule has 0 N–H and O–H groups in total. The van der Waals surface area contributed by atoms with Crippen molar-refractivity contribution in [3.8, 4) is 0 Å². The Bertz CT molecular complexity index is 1020. The summed E-state index contributed by atoms with van der Waals surface area (Å²) in [5, 5.41) is 0. The number of amides is 3. The number of alkyl halides is 3. The van der Waals surface area contributed by atoms with Gasteiger partial charge >= 0.3 is 6.18 Å². The highest BCUT2D eigenvalue weighted by Gasteiger charge is 2.52. The molecule has 3 amide bonds. The van der Waals surface area contributed by atoms with Gasteiger partial charge in [0.25, 0.3) is 0 Å². The van der Waals surface area contributed by atoms with E-state index in [0.717, 1.165) is 23.1 Å². The van der Waals surface area contributed by atoms with Crippen molar-refractivity contribution in [1.29, 1.82) is 0 Å². The van der Waals surface area contributed by atoms with E-state index in [1.807, 2.05) is 0 Å². The lowest BCUT2D eigenvalue weighted by molar-refractivity contribution is -0.141.